The molecule has 0 aliphatic carbocycles. The van der Waals surface area contributed by atoms with Crippen molar-refractivity contribution >= 4 is 39.5 Å². The highest BCUT2D eigenvalue weighted by atomic mass is 31.2. The number of ether oxygens (including phenoxy) is 4. The van der Waals surface area contributed by atoms with Crippen LogP contribution < -0.4 is 0 Å². The predicted molar refractivity (Wildman–Crippen MR) is 414 cm³/mol. The number of phosphoric ester groups is 2. The van der Waals surface area contributed by atoms with Crippen molar-refractivity contribution in [3.63, 3.8) is 0 Å². The van der Waals surface area contributed by atoms with Gasteiger partial charge in [-0.25, -0.2) is 9.13 Å². The fourth-order valence-corrected chi connectivity index (χ4v) is 14.2. The van der Waals surface area contributed by atoms with Crippen LogP contribution in [0.1, 0.15) is 421 Å². The standard InChI is InChI=1S/C82H160O17P2/c1-9-75(8)61-53-45-40-41-47-55-63-80(85)93-69-78(99-82(87)65-57-49-39-33-27-21-19-24-30-36-44-52-60-74(6)7)71-97-101(90,91)95-67-76(83)66-94-100(88,89)96-70-77(98-81(86)64-56-48-38-32-26-20-18-23-29-35-43-51-59-73(4)5)68-92-79(84)62-54-46-37-31-25-17-15-13-11-10-12-14-16-22-28-34-42-50-58-72(2)3/h72-78,83H,9-71H2,1-8H3,(H,88,89)(H,90,91)/t75?,76-,77-,78-/m1/s1. The summed E-state index contributed by atoms with van der Waals surface area (Å²) in [5.41, 5.74) is 0. The smallest absolute Gasteiger partial charge is 0.462 e. The third kappa shape index (κ3) is 74.7. The topological polar surface area (TPSA) is 237 Å². The summed E-state index contributed by atoms with van der Waals surface area (Å²) in [5.74, 6) is 0.993. The van der Waals surface area contributed by atoms with Crippen LogP contribution in [0.5, 0.6) is 0 Å². The summed E-state index contributed by atoms with van der Waals surface area (Å²) in [6.45, 7) is 14.3. The van der Waals surface area contributed by atoms with Gasteiger partial charge in [-0.05, 0) is 49.4 Å². The lowest BCUT2D eigenvalue weighted by Gasteiger charge is -2.21. The second-order valence-electron chi connectivity index (χ2n) is 31.2. The highest BCUT2D eigenvalue weighted by Crippen LogP contribution is 2.45. The minimum absolute atomic E-state index is 0.106. The number of aliphatic hydroxyl groups excluding tert-OH is 1. The van der Waals surface area contributed by atoms with E-state index in [1.54, 1.807) is 0 Å². The number of unbranched alkanes of at least 4 members (excludes halogenated alkanes) is 44. The zero-order valence-corrected chi connectivity index (χ0v) is 68.3. The van der Waals surface area contributed by atoms with Crippen molar-refractivity contribution in [2.75, 3.05) is 39.6 Å². The number of aliphatic hydroxyl groups is 1. The maximum Gasteiger partial charge on any atom is 0.472 e. The normalized spacial score (nSPS) is 14.3. The molecule has 0 rings (SSSR count). The van der Waals surface area contributed by atoms with Gasteiger partial charge in [-0.1, -0.05) is 370 Å². The fraction of sp³-hybridized carbons (Fsp3) is 0.951. The molecule has 0 bridgehead atoms. The van der Waals surface area contributed by atoms with Crippen LogP contribution in [0, 0.1) is 23.7 Å². The Morgan fingerprint density at radius 3 is 0.703 bits per heavy atom. The Balaban J connectivity index is 5.22. The SMILES string of the molecule is CCC(C)CCCCCCCCC(=O)OC[C@H](COP(=O)(O)OC[C@H](O)COP(=O)(O)OC[C@@H](COC(=O)CCCCCCCCCCCCCCCCCCCCC(C)C)OC(=O)CCCCCCCCCCCCCCC(C)C)OC(=O)CCCCCCCCCCCCCCC(C)C. The van der Waals surface area contributed by atoms with Gasteiger partial charge < -0.3 is 33.8 Å². The quantitative estimate of drug-likeness (QED) is 0.0222. The Labute approximate surface area is 619 Å². The maximum absolute atomic E-state index is 13.1. The number of hydrogen-bond acceptors (Lipinski definition) is 15. The molecule has 3 unspecified atom stereocenters. The molecule has 3 N–H and O–H groups in total. The number of rotatable bonds is 79. The zero-order valence-electron chi connectivity index (χ0n) is 66.5. The third-order valence-corrected chi connectivity index (χ3v) is 21.3. The number of esters is 4. The molecule has 0 radical (unpaired) electrons. The van der Waals surface area contributed by atoms with E-state index in [4.69, 9.17) is 37.0 Å². The molecule has 6 atom stereocenters. The van der Waals surface area contributed by atoms with Crippen LogP contribution in [-0.4, -0.2) is 96.7 Å². The average Bonchev–Trinajstić information content (AvgIpc) is 1.03. The van der Waals surface area contributed by atoms with E-state index in [-0.39, 0.29) is 25.7 Å². The molecule has 0 aliphatic heterocycles. The van der Waals surface area contributed by atoms with Crippen molar-refractivity contribution in [1.82, 2.24) is 0 Å². The van der Waals surface area contributed by atoms with Crippen molar-refractivity contribution in [3.05, 3.63) is 0 Å². The van der Waals surface area contributed by atoms with E-state index in [9.17, 15) is 43.2 Å². The summed E-state index contributed by atoms with van der Waals surface area (Å²) >= 11 is 0. The molecular weight excluding hydrogens is 1320 g/mol. The summed E-state index contributed by atoms with van der Waals surface area (Å²) in [7, 11) is -9.92. The van der Waals surface area contributed by atoms with Crippen LogP contribution >= 0.6 is 15.6 Å². The Morgan fingerprint density at radius 1 is 0.277 bits per heavy atom. The van der Waals surface area contributed by atoms with Gasteiger partial charge in [0.1, 0.15) is 19.3 Å². The number of hydrogen-bond donors (Lipinski definition) is 3. The van der Waals surface area contributed by atoms with Crippen LogP contribution in [0.2, 0.25) is 0 Å². The first kappa shape index (κ1) is 99.1. The van der Waals surface area contributed by atoms with Crippen LogP contribution in [0.15, 0.2) is 0 Å². The molecule has 101 heavy (non-hydrogen) atoms. The van der Waals surface area contributed by atoms with Crippen molar-refractivity contribution in [1.29, 1.82) is 0 Å². The highest BCUT2D eigenvalue weighted by Gasteiger charge is 2.30. The van der Waals surface area contributed by atoms with Crippen LogP contribution in [-0.2, 0) is 65.4 Å². The van der Waals surface area contributed by atoms with Gasteiger partial charge in [0, 0.05) is 25.7 Å². The third-order valence-electron chi connectivity index (χ3n) is 19.4. The first-order valence-corrected chi connectivity index (χ1v) is 45.2. The summed E-state index contributed by atoms with van der Waals surface area (Å²) in [5, 5.41) is 10.6. The molecule has 600 valence electrons. The van der Waals surface area contributed by atoms with E-state index in [0.717, 1.165) is 120 Å². The summed E-state index contributed by atoms with van der Waals surface area (Å²) in [6.07, 6.45) is 58.4. The maximum atomic E-state index is 13.1. The Hall–Kier alpha value is -1.94. The lowest BCUT2D eigenvalue weighted by molar-refractivity contribution is -0.161. The molecule has 0 aromatic heterocycles. The van der Waals surface area contributed by atoms with Crippen LogP contribution in [0.25, 0.3) is 0 Å². The average molecular weight is 1480 g/mol. The van der Waals surface area contributed by atoms with Crippen LogP contribution in [0.4, 0.5) is 0 Å². The minimum Gasteiger partial charge on any atom is -0.462 e. The predicted octanol–water partition coefficient (Wildman–Crippen LogP) is 24.4. The van der Waals surface area contributed by atoms with Gasteiger partial charge in [0.05, 0.1) is 26.4 Å². The number of phosphoric acid groups is 2. The second-order valence-corrected chi connectivity index (χ2v) is 34.1. The first-order chi connectivity index (χ1) is 48.6. The fourth-order valence-electron chi connectivity index (χ4n) is 12.6. The van der Waals surface area contributed by atoms with Gasteiger partial charge in [0.15, 0.2) is 12.2 Å². The van der Waals surface area contributed by atoms with Gasteiger partial charge in [0.25, 0.3) is 0 Å². The summed E-state index contributed by atoms with van der Waals surface area (Å²) < 4.78 is 68.7. The van der Waals surface area contributed by atoms with Gasteiger partial charge in [-0.3, -0.25) is 37.3 Å². The van der Waals surface area contributed by atoms with E-state index >= 15 is 0 Å². The number of carbonyl (C=O) groups is 4. The molecule has 0 saturated carbocycles. The van der Waals surface area contributed by atoms with Gasteiger partial charge in [0.2, 0.25) is 0 Å². The Bertz CT molecular complexity index is 1970. The molecular formula is C82H160O17P2. The van der Waals surface area contributed by atoms with Crippen LogP contribution in [0.3, 0.4) is 0 Å². The lowest BCUT2D eigenvalue weighted by atomic mass is 10.00. The Morgan fingerprint density at radius 2 is 0.475 bits per heavy atom. The monoisotopic (exact) mass is 1480 g/mol. The van der Waals surface area contributed by atoms with E-state index in [2.05, 4.69) is 55.4 Å². The highest BCUT2D eigenvalue weighted by molar-refractivity contribution is 7.47. The molecule has 0 amide bonds. The van der Waals surface area contributed by atoms with Crippen molar-refractivity contribution in [3.8, 4) is 0 Å². The van der Waals surface area contributed by atoms with Crippen molar-refractivity contribution < 1.29 is 80.2 Å². The molecule has 19 heteroatoms. The van der Waals surface area contributed by atoms with E-state index < -0.39 is 97.5 Å². The lowest BCUT2D eigenvalue weighted by Crippen LogP contribution is -2.30. The summed E-state index contributed by atoms with van der Waals surface area (Å²) in [4.78, 5) is 73.0. The molecule has 0 aromatic rings. The van der Waals surface area contributed by atoms with Crippen molar-refractivity contribution in [2.45, 2.75) is 440 Å². The number of carbonyl (C=O) groups excluding carboxylic acids is 4. The van der Waals surface area contributed by atoms with E-state index in [0.29, 0.717) is 25.7 Å². The molecule has 0 heterocycles. The van der Waals surface area contributed by atoms with E-state index in [1.165, 1.54) is 218 Å². The second kappa shape index (κ2) is 71.0. The zero-order chi connectivity index (χ0) is 74.6. The first-order valence-electron chi connectivity index (χ1n) is 42.2. The summed E-state index contributed by atoms with van der Waals surface area (Å²) in [6, 6.07) is 0. The van der Waals surface area contributed by atoms with E-state index in [1.807, 2.05) is 0 Å². The molecule has 0 aliphatic rings. The van der Waals surface area contributed by atoms with Crippen molar-refractivity contribution in [2.24, 2.45) is 23.7 Å². The molecule has 0 spiro atoms. The largest absolute Gasteiger partial charge is 0.472 e. The molecule has 0 saturated heterocycles. The molecule has 0 fully saturated rings. The van der Waals surface area contributed by atoms with Gasteiger partial charge in [-0.2, -0.15) is 0 Å². The molecule has 17 nitrogen and oxygen atoms in total. The van der Waals surface area contributed by atoms with Gasteiger partial charge >= 0.3 is 39.5 Å². The van der Waals surface area contributed by atoms with Gasteiger partial charge in [-0.15, -0.1) is 0 Å². The molecule has 0 aromatic carbocycles. The minimum atomic E-state index is -4.96. The Kier molecular flexibility index (Phi) is 69.6.